The number of para-hydroxylation sites is 1. The summed E-state index contributed by atoms with van der Waals surface area (Å²) >= 11 is 0. The minimum atomic E-state index is -0.0728. The average molecular weight is 355 g/mol. The minimum Gasteiger partial charge on any atom is -0.379 e. The normalized spacial score (nSPS) is 16.1. The standard InChI is InChI=1S/C19H25N5O2/c1-15(24-8-10-26-11-9-24)14-23(2)18(25)16-12-20-19(21-13-16)22-17-6-4-3-5-7-17/h3-7,12-13,15H,8-11,14H2,1-2H3,(H,20,21,22). The first kappa shape index (κ1) is 18.3. The molecule has 138 valence electrons. The highest BCUT2D eigenvalue weighted by atomic mass is 16.5. The predicted octanol–water partition coefficient (Wildman–Crippen LogP) is 2.01. The van der Waals surface area contributed by atoms with Gasteiger partial charge in [0.2, 0.25) is 5.95 Å². The monoisotopic (exact) mass is 355 g/mol. The third-order valence-electron chi connectivity index (χ3n) is 4.48. The van der Waals surface area contributed by atoms with Crippen molar-refractivity contribution in [2.45, 2.75) is 13.0 Å². The molecule has 0 bridgehead atoms. The van der Waals surface area contributed by atoms with Crippen LogP contribution in [0.15, 0.2) is 42.7 Å². The maximum absolute atomic E-state index is 12.6. The molecular weight excluding hydrogens is 330 g/mol. The van der Waals surface area contributed by atoms with Gasteiger partial charge in [0.15, 0.2) is 0 Å². The highest BCUT2D eigenvalue weighted by molar-refractivity contribution is 5.93. The molecule has 1 aromatic carbocycles. The number of benzene rings is 1. The Balaban J connectivity index is 1.56. The van der Waals surface area contributed by atoms with E-state index in [2.05, 4.69) is 27.1 Å². The Kier molecular flexibility index (Phi) is 6.14. The van der Waals surface area contributed by atoms with Gasteiger partial charge >= 0.3 is 0 Å². The van der Waals surface area contributed by atoms with Gasteiger partial charge in [-0.05, 0) is 19.1 Å². The summed E-state index contributed by atoms with van der Waals surface area (Å²) in [6.45, 7) is 6.12. The van der Waals surface area contributed by atoms with Gasteiger partial charge < -0.3 is 15.0 Å². The third-order valence-corrected chi connectivity index (χ3v) is 4.48. The Labute approximate surface area is 154 Å². The van der Waals surface area contributed by atoms with Crippen LogP contribution in [-0.4, -0.2) is 71.6 Å². The third kappa shape index (κ3) is 4.77. The molecule has 2 aromatic rings. The molecule has 0 saturated carbocycles. The molecule has 1 N–H and O–H groups in total. The Morgan fingerprint density at radius 2 is 1.88 bits per heavy atom. The van der Waals surface area contributed by atoms with Crippen molar-refractivity contribution < 1.29 is 9.53 Å². The first-order valence-electron chi connectivity index (χ1n) is 8.85. The predicted molar refractivity (Wildman–Crippen MR) is 101 cm³/mol. The Morgan fingerprint density at radius 3 is 2.54 bits per heavy atom. The number of nitrogens with zero attached hydrogens (tertiary/aromatic N) is 4. The lowest BCUT2D eigenvalue weighted by Gasteiger charge is -2.34. The zero-order chi connectivity index (χ0) is 18.4. The molecule has 1 atom stereocenters. The second kappa shape index (κ2) is 8.73. The number of likely N-dealkylation sites (N-methyl/N-ethyl adjacent to an activating group) is 1. The summed E-state index contributed by atoms with van der Waals surface area (Å²) in [7, 11) is 1.81. The van der Waals surface area contributed by atoms with E-state index in [-0.39, 0.29) is 11.9 Å². The highest BCUT2D eigenvalue weighted by Gasteiger charge is 2.21. The smallest absolute Gasteiger partial charge is 0.256 e. The number of anilines is 2. The van der Waals surface area contributed by atoms with Gasteiger partial charge in [0.25, 0.3) is 5.91 Å². The number of hydrogen-bond donors (Lipinski definition) is 1. The van der Waals surface area contributed by atoms with Crippen molar-refractivity contribution in [3.8, 4) is 0 Å². The summed E-state index contributed by atoms with van der Waals surface area (Å²) in [6.07, 6.45) is 3.13. The molecule has 0 aliphatic carbocycles. The molecule has 0 radical (unpaired) electrons. The van der Waals surface area contributed by atoms with Gasteiger partial charge in [-0.2, -0.15) is 0 Å². The summed E-state index contributed by atoms with van der Waals surface area (Å²) in [5, 5.41) is 3.11. The van der Waals surface area contributed by atoms with E-state index < -0.39 is 0 Å². The van der Waals surface area contributed by atoms with E-state index in [1.165, 1.54) is 0 Å². The van der Waals surface area contributed by atoms with Gasteiger partial charge in [-0.1, -0.05) is 18.2 Å². The topological polar surface area (TPSA) is 70.6 Å². The van der Waals surface area contributed by atoms with Gasteiger partial charge in [-0.3, -0.25) is 9.69 Å². The number of aromatic nitrogens is 2. The fraction of sp³-hybridized carbons (Fsp3) is 0.421. The van der Waals surface area contributed by atoms with Crippen LogP contribution in [0.25, 0.3) is 0 Å². The van der Waals surface area contributed by atoms with Crippen molar-refractivity contribution in [2.24, 2.45) is 0 Å². The second-order valence-electron chi connectivity index (χ2n) is 6.47. The number of carbonyl (C=O) groups is 1. The largest absolute Gasteiger partial charge is 0.379 e. The Bertz CT molecular complexity index is 702. The van der Waals surface area contributed by atoms with Gasteiger partial charge in [-0.15, -0.1) is 0 Å². The van der Waals surface area contributed by atoms with Crippen molar-refractivity contribution in [3.05, 3.63) is 48.3 Å². The fourth-order valence-corrected chi connectivity index (χ4v) is 2.99. The molecule has 26 heavy (non-hydrogen) atoms. The number of rotatable bonds is 6. The van der Waals surface area contributed by atoms with E-state index in [4.69, 9.17) is 4.74 Å². The van der Waals surface area contributed by atoms with Crippen molar-refractivity contribution in [1.29, 1.82) is 0 Å². The minimum absolute atomic E-state index is 0.0728. The van der Waals surface area contributed by atoms with E-state index in [1.807, 2.05) is 37.4 Å². The molecule has 3 rings (SSSR count). The van der Waals surface area contributed by atoms with Crippen LogP contribution in [0.4, 0.5) is 11.6 Å². The lowest BCUT2D eigenvalue weighted by molar-refractivity contribution is 0.0142. The molecule has 1 aliphatic heterocycles. The van der Waals surface area contributed by atoms with Crippen LogP contribution in [0.2, 0.25) is 0 Å². The van der Waals surface area contributed by atoms with Gasteiger partial charge in [-0.25, -0.2) is 9.97 Å². The molecule has 7 nitrogen and oxygen atoms in total. The molecule has 2 heterocycles. The molecular formula is C19H25N5O2. The number of hydrogen-bond acceptors (Lipinski definition) is 6. The molecule has 0 spiro atoms. The van der Waals surface area contributed by atoms with Crippen molar-refractivity contribution in [1.82, 2.24) is 19.8 Å². The lowest BCUT2D eigenvalue weighted by Crippen LogP contribution is -2.47. The Morgan fingerprint density at radius 1 is 1.23 bits per heavy atom. The second-order valence-corrected chi connectivity index (χ2v) is 6.47. The van der Waals surface area contributed by atoms with Crippen LogP contribution < -0.4 is 5.32 Å². The van der Waals surface area contributed by atoms with Gasteiger partial charge in [0.1, 0.15) is 0 Å². The number of nitrogens with one attached hydrogen (secondary N) is 1. The molecule has 7 heteroatoms. The Hall–Kier alpha value is -2.51. The van der Waals surface area contributed by atoms with Crippen molar-refractivity contribution in [3.63, 3.8) is 0 Å². The van der Waals surface area contributed by atoms with E-state index in [1.54, 1.807) is 17.3 Å². The zero-order valence-corrected chi connectivity index (χ0v) is 15.3. The fourth-order valence-electron chi connectivity index (χ4n) is 2.99. The molecule has 1 fully saturated rings. The van der Waals surface area contributed by atoms with Crippen LogP contribution in [0.3, 0.4) is 0 Å². The highest BCUT2D eigenvalue weighted by Crippen LogP contribution is 2.12. The maximum atomic E-state index is 12.6. The molecule has 1 amide bonds. The molecule has 1 saturated heterocycles. The first-order chi connectivity index (χ1) is 12.6. The van der Waals surface area contributed by atoms with Gasteiger partial charge in [0.05, 0.1) is 18.8 Å². The van der Waals surface area contributed by atoms with E-state index in [0.29, 0.717) is 18.1 Å². The van der Waals surface area contributed by atoms with Crippen LogP contribution in [0, 0.1) is 0 Å². The number of morpholine rings is 1. The first-order valence-corrected chi connectivity index (χ1v) is 8.85. The van der Waals surface area contributed by atoms with Gasteiger partial charge in [0, 0.05) is 50.8 Å². The van der Waals surface area contributed by atoms with E-state index in [0.717, 1.165) is 32.0 Å². The van der Waals surface area contributed by atoms with Crippen LogP contribution in [-0.2, 0) is 4.74 Å². The summed E-state index contributed by atoms with van der Waals surface area (Å²) in [5.41, 5.74) is 1.39. The quantitative estimate of drug-likeness (QED) is 0.855. The summed E-state index contributed by atoms with van der Waals surface area (Å²) in [4.78, 5) is 25.2. The van der Waals surface area contributed by atoms with Crippen molar-refractivity contribution in [2.75, 3.05) is 45.2 Å². The number of carbonyl (C=O) groups excluding carboxylic acids is 1. The summed E-state index contributed by atoms with van der Waals surface area (Å²) < 4.78 is 5.38. The number of ether oxygens (including phenoxy) is 1. The van der Waals surface area contributed by atoms with Crippen molar-refractivity contribution >= 4 is 17.5 Å². The van der Waals surface area contributed by atoms with E-state index >= 15 is 0 Å². The summed E-state index contributed by atoms with van der Waals surface area (Å²) in [5.74, 6) is 0.397. The zero-order valence-electron chi connectivity index (χ0n) is 15.3. The molecule has 1 aromatic heterocycles. The maximum Gasteiger partial charge on any atom is 0.256 e. The van der Waals surface area contributed by atoms with Crippen LogP contribution >= 0.6 is 0 Å². The summed E-state index contributed by atoms with van der Waals surface area (Å²) in [6, 6.07) is 9.97. The van der Waals surface area contributed by atoms with E-state index in [9.17, 15) is 4.79 Å². The lowest BCUT2D eigenvalue weighted by atomic mass is 10.2. The van der Waals surface area contributed by atoms with Crippen LogP contribution in [0.1, 0.15) is 17.3 Å². The average Bonchev–Trinajstić information content (AvgIpc) is 2.69. The number of amides is 1. The SMILES string of the molecule is CC(CN(C)C(=O)c1cnc(Nc2ccccc2)nc1)N1CCOCC1. The molecule has 1 unspecified atom stereocenters. The molecule has 1 aliphatic rings. The van der Waals surface area contributed by atoms with Crippen LogP contribution in [0.5, 0.6) is 0 Å².